The Morgan fingerprint density at radius 2 is 1.86 bits per heavy atom. The lowest BCUT2D eigenvalue weighted by molar-refractivity contribution is 0.415. The number of aryl methyl sites for hydroxylation is 1. The topological polar surface area (TPSA) is 39.9 Å². The Morgan fingerprint density at radius 1 is 1.05 bits per heavy atom. The Morgan fingerprint density at radius 3 is 2.68 bits per heavy atom. The predicted molar refractivity (Wildman–Crippen MR) is 87.8 cm³/mol. The van der Waals surface area contributed by atoms with Gasteiger partial charge in [-0.25, -0.2) is 0 Å². The molecule has 4 rings (SSSR count). The van der Waals surface area contributed by atoms with Gasteiger partial charge in [-0.1, -0.05) is 12.1 Å². The number of ether oxygens (including phenoxy) is 1. The van der Waals surface area contributed by atoms with Gasteiger partial charge in [-0.05, 0) is 36.4 Å². The second-order valence-corrected chi connectivity index (χ2v) is 6.21. The Bertz CT molecular complexity index is 811. The van der Waals surface area contributed by atoms with Crippen molar-refractivity contribution in [2.24, 2.45) is 0 Å². The number of methoxy groups -OCH3 is 1. The van der Waals surface area contributed by atoms with E-state index in [2.05, 4.69) is 39.0 Å². The number of hydrogen-bond donors (Lipinski definition) is 0. The number of fused-ring (bicyclic) bond motifs is 3. The van der Waals surface area contributed by atoms with Crippen LogP contribution in [0.25, 0.3) is 17.1 Å². The van der Waals surface area contributed by atoms with E-state index in [0.29, 0.717) is 0 Å². The summed E-state index contributed by atoms with van der Waals surface area (Å²) in [6, 6.07) is 16.4. The zero-order valence-electron chi connectivity index (χ0n) is 12.2. The van der Waals surface area contributed by atoms with Crippen LogP contribution < -0.4 is 4.74 Å². The SMILES string of the molecule is COc1ccc(-c2nnc3n2-c2ccccc2SCC3)cc1. The molecule has 1 aliphatic rings. The first-order valence-corrected chi connectivity index (χ1v) is 8.16. The van der Waals surface area contributed by atoms with Crippen molar-refractivity contribution in [3.63, 3.8) is 0 Å². The fraction of sp³-hybridized carbons (Fsp3) is 0.176. The van der Waals surface area contributed by atoms with E-state index < -0.39 is 0 Å². The van der Waals surface area contributed by atoms with E-state index in [9.17, 15) is 0 Å². The van der Waals surface area contributed by atoms with Crippen molar-refractivity contribution in [3.8, 4) is 22.8 Å². The van der Waals surface area contributed by atoms with Crippen molar-refractivity contribution < 1.29 is 4.74 Å². The zero-order valence-corrected chi connectivity index (χ0v) is 13.0. The van der Waals surface area contributed by atoms with Crippen LogP contribution in [0.4, 0.5) is 0 Å². The molecule has 4 nitrogen and oxygen atoms in total. The minimum Gasteiger partial charge on any atom is -0.497 e. The fourth-order valence-electron chi connectivity index (χ4n) is 2.67. The lowest BCUT2D eigenvalue weighted by atomic mass is 10.2. The maximum atomic E-state index is 5.23. The molecule has 0 atom stereocenters. The van der Waals surface area contributed by atoms with E-state index in [-0.39, 0.29) is 0 Å². The summed E-state index contributed by atoms with van der Waals surface area (Å²) >= 11 is 1.87. The summed E-state index contributed by atoms with van der Waals surface area (Å²) < 4.78 is 7.41. The summed E-state index contributed by atoms with van der Waals surface area (Å²) in [6.07, 6.45) is 0.919. The van der Waals surface area contributed by atoms with Crippen LogP contribution in [-0.4, -0.2) is 27.6 Å². The molecule has 1 aliphatic heterocycles. The number of thioether (sulfide) groups is 1. The standard InChI is InChI=1S/C17H15N3OS/c1-21-13-8-6-12(7-9-13)17-19-18-16-10-11-22-15-5-3-2-4-14(15)20(16)17/h2-9H,10-11H2,1H3. The Labute approximate surface area is 133 Å². The van der Waals surface area contributed by atoms with Crippen LogP contribution >= 0.6 is 11.8 Å². The maximum Gasteiger partial charge on any atom is 0.168 e. The first-order chi connectivity index (χ1) is 10.9. The van der Waals surface area contributed by atoms with Crippen molar-refractivity contribution >= 4 is 11.8 Å². The summed E-state index contributed by atoms with van der Waals surface area (Å²) in [7, 11) is 1.67. The highest BCUT2D eigenvalue weighted by Gasteiger charge is 2.20. The third-order valence-corrected chi connectivity index (χ3v) is 4.83. The molecule has 0 aliphatic carbocycles. The molecule has 0 radical (unpaired) electrons. The first-order valence-electron chi connectivity index (χ1n) is 7.18. The van der Waals surface area contributed by atoms with Crippen LogP contribution in [0.5, 0.6) is 5.75 Å². The summed E-state index contributed by atoms with van der Waals surface area (Å²) in [5.41, 5.74) is 2.21. The first kappa shape index (κ1) is 13.4. The second kappa shape index (κ2) is 5.50. The molecule has 0 N–H and O–H groups in total. The number of rotatable bonds is 2. The molecule has 22 heavy (non-hydrogen) atoms. The number of nitrogens with zero attached hydrogens (tertiary/aromatic N) is 3. The van der Waals surface area contributed by atoms with Crippen LogP contribution in [0.1, 0.15) is 5.82 Å². The molecule has 0 unspecified atom stereocenters. The van der Waals surface area contributed by atoms with E-state index in [4.69, 9.17) is 4.74 Å². The van der Waals surface area contributed by atoms with Gasteiger partial charge in [-0.15, -0.1) is 22.0 Å². The van der Waals surface area contributed by atoms with Gasteiger partial charge >= 0.3 is 0 Å². The minimum absolute atomic E-state index is 0.843. The molecule has 0 amide bonds. The molecule has 0 saturated carbocycles. The van der Waals surface area contributed by atoms with Gasteiger partial charge in [0.25, 0.3) is 0 Å². The highest BCUT2D eigenvalue weighted by molar-refractivity contribution is 7.99. The van der Waals surface area contributed by atoms with Crippen LogP contribution in [0.15, 0.2) is 53.4 Å². The lowest BCUT2D eigenvalue weighted by Gasteiger charge is -2.11. The van der Waals surface area contributed by atoms with Gasteiger partial charge in [0.2, 0.25) is 0 Å². The zero-order chi connectivity index (χ0) is 14.9. The van der Waals surface area contributed by atoms with Gasteiger partial charge in [0.15, 0.2) is 5.82 Å². The lowest BCUT2D eigenvalue weighted by Crippen LogP contribution is -2.02. The van der Waals surface area contributed by atoms with Crippen LogP contribution in [-0.2, 0) is 6.42 Å². The van der Waals surface area contributed by atoms with E-state index >= 15 is 0 Å². The normalized spacial score (nSPS) is 13.1. The van der Waals surface area contributed by atoms with Gasteiger partial charge in [0.1, 0.15) is 11.6 Å². The van der Waals surface area contributed by atoms with Gasteiger partial charge in [0.05, 0.1) is 12.8 Å². The summed E-state index contributed by atoms with van der Waals surface area (Å²) in [5.74, 6) is 3.77. The van der Waals surface area contributed by atoms with E-state index in [1.54, 1.807) is 7.11 Å². The number of hydrogen-bond acceptors (Lipinski definition) is 4. The summed E-state index contributed by atoms with van der Waals surface area (Å²) in [5, 5.41) is 8.83. The average molecular weight is 309 g/mol. The molecule has 0 fully saturated rings. The van der Waals surface area contributed by atoms with Crippen LogP contribution in [0.3, 0.4) is 0 Å². The molecule has 110 valence electrons. The third-order valence-electron chi connectivity index (χ3n) is 3.77. The Hall–Kier alpha value is -2.27. The highest BCUT2D eigenvalue weighted by atomic mass is 32.2. The van der Waals surface area contributed by atoms with E-state index in [1.807, 2.05) is 36.0 Å². The Balaban J connectivity index is 1.89. The molecule has 1 aromatic heterocycles. The average Bonchev–Trinajstić information content (AvgIpc) is 2.90. The van der Waals surface area contributed by atoms with E-state index in [1.165, 1.54) is 4.90 Å². The summed E-state index contributed by atoms with van der Waals surface area (Å²) in [6.45, 7) is 0. The molecule has 3 aromatic rings. The molecule has 0 bridgehead atoms. The molecule has 2 heterocycles. The van der Waals surface area contributed by atoms with E-state index in [0.717, 1.165) is 40.8 Å². The van der Waals surface area contributed by atoms with Gasteiger partial charge in [0, 0.05) is 22.6 Å². The molecule has 0 saturated heterocycles. The Kier molecular flexibility index (Phi) is 3.35. The molecule has 2 aromatic carbocycles. The molecular formula is C17H15N3OS. The maximum absolute atomic E-state index is 5.23. The van der Waals surface area contributed by atoms with Gasteiger partial charge in [-0.2, -0.15) is 0 Å². The minimum atomic E-state index is 0.843. The fourth-order valence-corrected chi connectivity index (χ4v) is 3.66. The van der Waals surface area contributed by atoms with Crippen molar-refractivity contribution in [1.82, 2.24) is 14.8 Å². The molecule has 0 spiro atoms. The largest absolute Gasteiger partial charge is 0.497 e. The summed E-state index contributed by atoms with van der Waals surface area (Å²) in [4.78, 5) is 1.27. The van der Waals surface area contributed by atoms with Crippen molar-refractivity contribution in [2.45, 2.75) is 11.3 Å². The quantitative estimate of drug-likeness (QED) is 0.725. The van der Waals surface area contributed by atoms with Crippen molar-refractivity contribution in [3.05, 3.63) is 54.4 Å². The van der Waals surface area contributed by atoms with Crippen LogP contribution in [0, 0.1) is 0 Å². The number of para-hydroxylation sites is 1. The van der Waals surface area contributed by atoms with Gasteiger partial charge in [-0.3, -0.25) is 4.57 Å². The van der Waals surface area contributed by atoms with Crippen LogP contribution in [0.2, 0.25) is 0 Å². The smallest absolute Gasteiger partial charge is 0.168 e. The van der Waals surface area contributed by atoms with Crippen molar-refractivity contribution in [1.29, 1.82) is 0 Å². The van der Waals surface area contributed by atoms with Crippen molar-refractivity contribution in [2.75, 3.05) is 12.9 Å². The number of benzene rings is 2. The molecular weight excluding hydrogens is 294 g/mol. The van der Waals surface area contributed by atoms with Gasteiger partial charge < -0.3 is 4.74 Å². The third kappa shape index (κ3) is 2.18. The highest BCUT2D eigenvalue weighted by Crippen LogP contribution is 2.34. The predicted octanol–water partition coefficient (Wildman–Crippen LogP) is 3.59. The number of aromatic nitrogens is 3. The second-order valence-electron chi connectivity index (χ2n) is 5.07. The molecule has 5 heteroatoms. The monoisotopic (exact) mass is 309 g/mol.